The van der Waals surface area contributed by atoms with Crippen molar-refractivity contribution in [2.24, 2.45) is 5.73 Å². The van der Waals surface area contributed by atoms with Crippen LogP contribution in [0.4, 0.5) is 5.69 Å². The second kappa shape index (κ2) is 7.19. The van der Waals surface area contributed by atoms with Crippen LogP contribution in [0.3, 0.4) is 0 Å². The van der Waals surface area contributed by atoms with Crippen molar-refractivity contribution in [2.75, 3.05) is 11.9 Å². The standard InChI is InChI=1S/C14H16N2O3/c1-3-7-11(15)13(17)16-12-9-6-5-8-10(12)14(18)19-4-2/h1,5-6,8-9,11H,4,7,15H2,2H3,(H,16,17). The molecule has 1 unspecified atom stereocenters. The molecule has 0 aromatic heterocycles. The Morgan fingerprint density at radius 1 is 1.47 bits per heavy atom. The molecule has 1 aromatic carbocycles. The number of ether oxygens (including phenoxy) is 1. The Hall–Kier alpha value is -2.32. The Bertz CT molecular complexity index is 506. The molecular formula is C14H16N2O3. The van der Waals surface area contributed by atoms with Crippen LogP contribution in [0.15, 0.2) is 24.3 Å². The maximum atomic E-state index is 11.8. The fourth-order valence-corrected chi connectivity index (χ4v) is 1.42. The number of anilines is 1. The molecule has 1 atom stereocenters. The Morgan fingerprint density at radius 2 is 2.16 bits per heavy atom. The number of terminal acetylenes is 1. The lowest BCUT2D eigenvalue weighted by molar-refractivity contribution is -0.117. The van der Waals surface area contributed by atoms with Crippen LogP contribution in [0.5, 0.6) is 0 Å². The molecule has 0 spiro atoms. The summed E-state index contributed by atoms with van der Waals surface area (Å²) in [6, 6.07) is 5.75. The van der Waals surface area contributed by atoms with Crippen molar-refractivity contribution in [3.63, 3.8) is 0 Å². The molecule has 0 bridgehead atoms. The quantitative estimate of drug-likeness (QED) is 0.614. The Labute approximate surface area is 112 Å². The van der Waals surface area contributed by atoms with Gasteiger partial charge in [-0.25, -0.2) is 4.79 Å². The zero-order valence-corrected chi connectivity index (χ0v) is 10.7. The summed E-state index contributed by atoms with van der Waals surface area (Å²) in [4.78, 5) is 23.5. The van der Waals surface area contributed by atoms with Gasteiger partial charge < -0.3 is 15.8 Å². The number of para-hydroxylation sites is 1. The van der Waals surface area contributed by atoms with Crippen LogP contribution in [0.1, 0.15) is 23.7 Å². The van der Waals surface area contributed by atoms with Crippen LogP contribution in [-0.2, 0) is 9.53 Å². The first-order valence-corrected chi connectivity index (χ1v) is 5.86. The van der Waals surface area contributed by atoms with Gasteiger partial charge in [-0.2, -0.15) is 0 Å². The minimum atomic E-state index is -0.805. The Balaban J connectivity index is 2.87. The summed E-state index contributed by atoms with van der Waals surface area (Å²) in [7, 11) is 0. The minimum absolute atomic E-state index is 0.132. The third kappa shape index (κ3) is 4.12. The third-order valence-electron chi connectivity index (χ3n) is 2.35. The average Bonchev–Trinajstić information content (AvgIpc) is 2.39. The number of esters is 1. The van der Waals surface area contributed by atoms with Gasteiger partial charge in [-0.15, -0.1) is 12.3 Å². The van der Waals surface area contributed by atoms with E-state index in [2.05, 4.69) is 11.2 Å². The normalized spacial score (nSPS) is 11.2. The summed E-state index contributed by atoms with van der Waals surface area (Å²) in [5, 5.41) is 2.57. The van der Waals surface area contributed by atoms with Gasteiger partial charge >= 0.3 is 5.97 Å². The zero-order chi connectivity index (χ0) is 14.3. The number of rotatable bonds is 5. The van der Waals surface area contributed by atoms with Gasteiger partial charge in [0.15, 0.2) is 0 Å². The molecule has 0 aliphatic rings. The van der Waals surface area contributed by atoms with Crippen molar-refractivity contribution in [1.82, 2.24) is 0 Å². The van der Waals surface area contributed by atoms with Crippen molar-refractivity contribution in [3.05, 3.63) is 29.8 Å². The van der Waals surface area contributed by atoms with Crippen LogP contribution in [0, 0.1) is 12.3 Å². The molecule has 0 radical (unpaired) electrons. The first-order chi connectivity index (χ1) is 9.10. The van der Waals surface area contributed by atoms with Crippen molar-refractivity contribution in [2.45, 2.75) is 19.4 Å². The van der Waals surface area contributed by atoms with Gasteiger partial charge in [0.2, 0.25) is 5.91 Å². The summed E-state index contributed by atoms with van der Waals surface area (Å²) in [5.41, 5.74) is 6.23. The maximum Gasteiger partial charge on any atom is 0.340 e. The van der Waals surface area contributed by atoms with E-state index in [4.69, 9.17) is 16.9 Å². The number of amides is 1. The van der Waals surface area contributed by atoms with Gasteiger partial charge in [0.05, 0.1) is 23.9 Å². The van der Waals surface area contributed by atoms with Gasteiger partial charge in [0.25, 0.3) is 0 Å². The van der Waals surface area contributed by atoms with E-state index in [-0.39, 0.29) is 18.6 Å². The van der Waals surface area contributed by atoms with Crippen LogP contribution < -0.4 is 11.1 Å². The smallest absolute Gasteiger partial charge is 0.340 e. The fraction of sp³-hybridized carbons (Fsp3) is 0.286. The molecule has 5 heteroatoms. The second-order valence-corrected chi connectivity index (χ2v) is 3.77. The van der Waals surface area contributed by atoms with E-state index >= 15 is 0 Å². The van der Waals surface area contributed by atoms with Crippen LogP contribution in [0.25, 0.3) is 0 Å². The lowest BCUT2D eigenvalue weighted by Crippen LogP contribution is -2.35. The molecule has 100 valence electrons. The summed E-state index contributed by atoms with van der Waals surface area (Å²) < 4.78 is 4.90. The highest BCUT2D eigenvalue weighted by molar-refractivity contribution is 6.02. The molecule has 1 amide bonds. The summed E-state index contributed by atoms with van der Waals surface area (Å²) in [6.07, 6.45) is 5.23. The van der Waals surface area contributed by atoms with E-state index in [0.29, 0.717) is 5.69 Å². The van der Waals surface area contributed by atoms with Crippen LogP contribution in [-0.4, -0.2) is 24.5 Å². The Morgan fingerprint density at radius 3 is 2.79 bits per heavy atom. The summed E-state index contributed by atoms with van der Waals surface area (Å²) in [5.74, 6) is 1.38. The summed E-state index contributed by atoms with van der Waals surface area (Å²) >= 11 is 0. The fourth-order valence-electron chi connectivity index (χ4n) is 1.42. The largest absolute Gasteiger partial charge is 0.462 e. The highest BCUT2D eigenvalue weighted by Gasteiger charge is 2.17. The van der Waals surface area contributed by atoms with E-state index < -0.39 is 17.9 Å². The second-order valence-electron chi connectivity index (χ2n) is 3.77. The van der Waals surface area contributed by atoms with Crippen LogP contribution in [0.2, 0.25) is 0 Å². The SMILES string of the molecule is C#CCC(N)C(=O)Nc1ccccc1C(=O)OCC. The van der Waals surface area contributed by atoms with Gasteiger partial charge in [0, 0.05) is 6.42 Å². The molecule has 0 fully saturated rings. The lowest BCUT2D eigenvalue weighted by atomic mass is 10.1. The number of nitrogens with two attached hydrogens (primary N) is 1. The highest BCUT2D eigenvalue weighted by Crippen LogP contribution is 2.16. The molecule has 0 saturated heterocycles. The molecule has 0 heterocycles. The average molecular weight is 260 g/mol. The molecule has 0 aliphatic heterocycles. The van der Waals surface area contributed by atoms with Crippen LogP contribution >= 0.6 is 0 Å². The molecule has 3 N–H and O–H groups in total. The molecule has 0 aliphatic carbocycles. The van der Waals surface area contributed by atoms with Crippen molar-refractivity contribution >= 4 is 17.6 Å². The third-order valence-corrected chi connectivity index (χ3v) is 2.35. The predicted octanol–water partition coefficient (Wildman–Crippen LogP) is 1.15. The molecule has 0 saturated carbocycles. The van der Waals surface area contributed by atoms with Crippen molar-refractivity contribution < 1.29 is 14.3 Å². The monoisotopic (exact) mass is 260 g/mol. The van der Waals surface area contributed by atoms with E-state index in [0.717, 1.165) is 0 Å². The highest BCUT2D eigenvalue weighted by atomic mass is 16.5. The van der Waals surface area contributed by atoms with Gasteiger partial charge in [-0.1, -0.05) is 12.1 Å². The van der Waals surface area contributed by atoms with Gasteiger partial charge in [-0.05, 0) is 19.1 Å². The number of nitrogens with one attached hydrogen (secondary N) is 1. The topological polar surface area (TPSA) is 81.4 Å². The van der Waals surface area contributed by atoms with Gasteiger partial charge in [0.1, 0.15) is 0 Å². The number of carbonyl (C=O) groups excluding carboxylic acids is 2. The number of hydrogen-bond acceptors (Lipinski definition) is 4. The zero-order valence-electron chi connectivity index (χ0n) is 10.7. The maximum absolute atomic E-state index is 11.8. The molecular weight excluding hydrogens is 244 g/mol. The van der Waals surface area contributed by atoms with Crippen molar-refractivity contribution in [1.29, 1.82) is 0 Å². The minimum Gasteiger partial charge on any atom is -0.462 e. The van der Waals surface area contributed by atoms with E-state index in [9.17, 15) is 9.59 Å². The lowest BCUT2D eigenvalue weighted by Gasteiger charge is -2.12. The summed E-state index contributed by atoms with van der Waals surface area (Å²) in [6.45, 7) is 1.97. The number of carbonyl (C=O) groups is 2. The molecule has 19 heavy (non-hydrogen) atoms. The number of benzene rings is 1. The van der Waals surface area contributed by atoms with Crippen molar-refractivity contribution in [3.8, 4) is 12.3 Å². The van der Waals surface area contributed by atoms with E-state index in [1.54, 1.807) is 31.2 Å². The molecule has 5 nitrogen and oxygen atoms in total. The van der Waals surface area contributed by atoms with Gasteiger partial charge in [-0.3, -0.25) is 4.79 Å². The number of hydrogen-bond donors (Lipinski definition) is 2. The first kappa shape index (κ1) is 14.7. The van der Waals surface area contributed by atoms with E-state index in [1.165, 1.54) is 0 Å². The first-order valence-electron chi connectivity index (χ1n) is 5.86. The molecule has 1 rings (SSSR count). The predicted molar refractivity (Wildman–Crippen MR) is 72.5 cm³/mol. The van der Waals surface area contributed by atoms with E-state index in [1.807, 2.05) is 0 Å². The Kier molecular flexibility index (Phi) is 5.58. The molecule has 1 aromatic rings.